The maximum absolute atomic E-state index is 13.2. The van der Waals surface area contributed by atoms with Crippen molar-refractivity contribution in [2.24, 2.45) is 0 Å². The number of halogens is 1. The van der Waals surface area contributed by atoms with Crippen molar-refractivity contribution in [2.45, 2.75) is 38.6 Å². The number of imide groups is 1. The summed E-state index contributed by atoms with van der Waals surface area (Å²) < 4.78 is 3.13. The number of fused-ring (bicyclic) bond motifs is 1. The first kappa shape index (κ1) is 18.0. The van der Waals surface area contributed by atoms with Crippen molar-refractivity contribution in [1.29, 1.82) is 0 Å². The maximum Gasteiger partial charge on any atom is 0.241 e. The van der Waals surface area contributed by atoms with E-state index in [0.717, 1.165) is 40.3 Å². The van der Waals surface area contributed by atoms with Gasteiger partial charge in [-0.05, 0) is 42.3 Å². The van der Waals surface area contributed by atoms with Crippen molar-refractivity contribution < 1.29 is 9.59 Å². The minimum atomic E-state index is -0.422. The number of hydrogen-bond donors (Lipinski definition) is 0. The molecule has 0 aliphatic carbocycles. The molecular formula is C22H21BrN2O2. The molecule has 0 bridgehead atoms. The molecule has 2 amide bonds. The first-order chi connectivity index (χ1) is 13.1. The molecule has 1 aliphatic rings. The van der Waals surface area contributed by atoms with Crippen LogP contribution in [0.4, 0.5) is 5.69 Å². The fourth-order valence-electron chi connectivity index (χ4n) is 3.80. The summed E-state index contributed by atoms with van der Waals surface area (Å²) >= 11 is 3.39. The van der Waals surface area contributed by atoms with Gasteiger partial charge in [-0.15, -0.1) is 0 Å². The molecule has 2 heterocycles. The SMILES string of the molecule is CCCCn1cc([C@@H]2CC(=O)N(c3ccc(Br)cc3)C2=O)c2ccccc21. The van der Waals surface area contributed by atoms with Gasteiger partial charge in [0.1, 0.15) is 0 Å². The Kier molecular flexibility index (Phi) is 4.87. The lowest BCUT2D eigenvalue weighted by atomic mass is 9.97. The summed E-state index contributed by atoms with van der Waals surface area (Å²) in [6, 6.07) is 15.4. The van der Waals surface area contributed by atoms with E-state index in [1.54, 1.807) is 12.1 Å². The van der Waals surface area contributed by atoms with Crippen molar-refractivity contribution in [3.63, 3.8) is 0 Å². The molecule has 5 heteroatoms. The zero-order valence-electron chi connectivity index (χ0n) is 15.2. The van der Waals surface area contributed by atoms with Gasteiger partial charge in [0, 0.05) is 34.5 Å². The average Bonchev–Trinajstić information content (AvgIpc) is 3.18. The van der Waals surface area contributed by atoms with Crippen LogP contribution < -0.4 is 4.90 Å². The van der Waals surface area contributed by atoms with Gasteiger partial charge in [-0.25, -0.2) is 0 Å². The van der Waals surface area contributed by atoms with Gasteiger partial charge in [-0.1, -0.05) is 47.5 Å². The van der Waals surface area contributed by atoms with Gasteiger partial charge >= 0.3 is 0 Å². The number of amides is 2. The van der Waals surface area contributed by atoms with E-state index >= 15 is 0 Å². The Labute approximate surface area is 166 Å². The molecule has 0 radical (unpaired) electrons. The molecule has 3 aromatic rings. The van der Waals surface area contributed by atoms with E-state index in [-0.39, 0.29) is 18.2 Å². The van der Waals surface area contributed by atoms with E-state index in [4.69, 9.17) is 0 Å². The lowest BCUT2D eigenvalue weighted by molar-refractivity contribution is -0.121. The smallest absolute Gasteiger partial charge is 0.241 e. The van der Waals surface area contributed by atoms with Gasteiger partial charge in [0.25, 0.3) is 0 Å². The minimum absolute atomic E-state index is 0.138. The highest BCUT2D eigenvalue weighted by Crippen LogP contribution is 2.37. The summed E-state index contributed by atoms with van der Waals surface area (Å²) in [5.74, 6) is -0.702. The number of rotatable bonds is 5. The first-order valence-electron chi connectivity index (χ1n) is 9.30. The number of hydrogen-bond acceptors (Lipinski definition) is 2. The quantitative estimate of drug-likeness (QED) is 0.524. The Morgan fingerprint density at radius 3 is 2.56 bits per heavy atom. The zero-order valence-corrected chi connectivity index (χ0v) is 16.8. The van der Waals surface area contributed by atoms with Gasteiger partial charge in [0.05, 0.1) is 11.6 Å². The summed E-state index contributed by atoms with van der Waals surface area (Å²) in [6.45, 7) is 3.09. The Hall–Kier alpha value is -2.40. The second kappa shape index (κ2) is 7.31. The van der Waals surface area contributed by atoms with Crippen LogP contribution in [-0.2, 0) is 16.1 Å². The molecule has 1 fully saturated rings. The maximum atomic E-state index is 13.2. The highest BCUT2D eigenvalue weighted by atomic mass is 79.9. The van der Waals surface area contributed by atoms with Crippen molar-refractivity contribution in [3.05, 3.63) is 64.8 Å². The molecule has 1 aromatic heterocycles. The number of para-hydroxylation sites is 1. The van der Waals surface area contributed by atoms with E-state index in [1.807, 2.05) is 30.3 Å². The molecule has 2 aromatic carbocycles. The average molecular weight is 425 g/mol. The van der Waals surface area contributed by atoms with E-state index in [1.165, 1.54) is 4.90 Å². The Morgan fingerprint density at radius 1 is 1.07 bits per heavy atom. The van der Waals surface area contributed by atoms with Crippen LogP contribution in [0.25, 0.3) is 10.9 Å². The van der Waals surface area contributed by atoms with Crippen LogP contribution in [0.5, 0.6) is 0 Å². The van der Waals surface area contributed by atoms with Crippen LogP contribution in [0.15, 0.2) is 59.2 Å². The van der Waals surface area contributed by atoms with Gasteiger partial charge < -0.3 is 4.57 Å². The monoisotopic (exact) mass is 424 g/mol. The van der Waals surface area contributed by atoms with Crippen molar-refractivity contribution in [1.82, 2.24) is 4.57 Å². The van der Waals surface area contributed by atoms with E-state index in [2.05, 4.69) is 39.7 Å². The fraction of sp³-hybridized carbons (Fsp3) is 0.273. The number of nitrogens with zero attached hydrogens (tertiary/aromatic N) is 2. The third-order valence-corrected chi connectivity index (χ3v) is 5.71. The van der Waals surface area contributed by atoms with E-state index in [9.17, 15) is 9.59 Å². The van der Waals surface area contributed by atoms with Crippen LogP contribution >= 0.6 is 15.9 Å². The van der Waals surface area contributed by atoms with Gasteiger partial charge in [0.15, 0.2) is 0 Å². The topological polar surface area (TPSA) is 42.3 Å². The van der Waals surface area contributed by atoms with Gasteiger partial charge in [-0.3, -0.25) is 14.5 Å². The van der Waals surface area contributed by atoms with Crippen molar-refractivity contribution in [3.8, 4) is 0 Å². The number of carbonyl (C=O) groups is 2. The lowest BCUT2D eigenvalue weighted by Crippen LogP contribution is -2.29. The number of benzene rings is 2. The van der Waals surface area contributed by atoms with Gasteiger partial charge in [-0.2, -0.15) is 0 Å². The predicted molar refractivity (Wildman–Crippen MR) is 111 cm³/mol. The summed E-state index contributed by atoms with van der Waals surface area (Å²) in [5.41, 5.74) is 2.72. The number of carbonyl (C=O) groups excluding carboxylic acids is 2. The summed E-state index contributed by atoms with van der Waals surface area (Å²) in [7, 11) is 0. The first-order valence-corrected chi connectivity index (χ1v) is 10.1. The standard InChI is InChI=1S/C22H21BrN2O2/c1-2-3-12-24-14-19(17-6-4-5-7-20(17)24)18-13-21(26)25(22(18)27)16-10-8-15(23)9-11-16/h4-11,14,18H,2-3,12-13H2,1H3/t18-/m0/s1. The van der Waals surface area contributed by atoms with Crippen LogP contribution in [-0.4, -0.2) is 16.4 Å². The molecule has 0 spiro atoms. The minimum Gasteiger partial charge on any atom is -0.347 e. The fourth-order valence-corrected chi connectivity index (χ4v) is 4.07. The van der Waals surface area contributed by atoms with Crippen LogP contribution in [0.1, 0.15) is 37.7 Å². The van der Waals surface area contributed by atoms with Crippen molar-refractivity contribution in [2.75, 3.05) is 4.90 Å². The van der Waals surface area contributed by atoms with E-state index < -0.39 is 5.92 Å². The van der Waals surface area contributed by atoms with Crippen molar-refractivity contribution >= 4 is 44.3 Å². The third kappa shape index (κ3) is 3.21. The van der Waals surface area contributed by atoms with Crippen LogP contribution in [0.2, 0.25) is 0 Å². The molecule has 1 atom stereocenters. The molecule has 1 saturated heterocycles. The van der Waals surface area contributed by atoms with Crippen LogP contribution in [0, 0.1) is 0 Å². The Balaban J connectivity index is 1.73. The Morgan fingerprint density at radius 2 is 1.81 bits per heavy atom. The second-order valence-corrected chi connectivity index (χ2v) is 7.86. The zero-order chi connectivity index (χ0) is 19.0. The lowest BCUT2D eigenvalue weighted by Gasteiger charge is -2.15. The molecular weight excluding hydrogens is 404 g/mol. The molecule has 4 nitrogen and oxygen atoms in total. The molecule has 27 heavy (non-hydrogen) atoms. The summed E-state index contributed by atoms with van der Waals surface area (Å²) in [5, 5.41) is 1.07. The predicted octanol–water partition coefficient (Wildman–Crippen LogP) is 5.25. The second-order valence-electron chi connectivity index (χ2n) is 6.95. The molecule has 4 rings (SSSR count). The number of unbranched alkanes of at least 4 members (excludes halogenated alkanes) is 1. The molecule has 0 saturated carbocycles. The third-order valence-electron chi connectivity index (χ3n) is 5.18. The molecule has 0 N–H and O–H groups in total. The highest BCUT2D eigenvalue weighted by molar-refractivity contribution is 9.10. The summed E-state index contributed by atoms with van der Waals surface area (Å²) in [6.07, 6.45) is 4.48. The molecule has 1 aliphatic heterocycles. The van der Waals surface area contributed by atoms with E-state index in [0.29, 0.717) is 5.69 Å². The molecule has 138 valence electrons. The Bertz CT molecular complexity index is 1010. The number of aromatic nitrogens is 1. The number of anilines is 1. The normalized spacial score (nSPS) is 17.3. The summed E-state index contributed by atoms with van der Waals surface area (Å²) in [4.78, 5) is 27.1. The van der Waals surface area contributed by atoms with Crippen LogP contribution in [0.3, 0.4) is 0 Å². The largest absolute Gasteiger partial charge is 0.347 e. The molecule has 0 unspecified atom stereocenters. The van der Waals surface area contributed by atoms with Gasteiger partial charge in [0.2, 0.25) is 11.8 Å². The highest BCUT2D eigenvalue weighted by Gasteiger charge is 2.41. The number of aryl methyl sites for hydroxylation is 1.